The number of rotatable bonds is 20. The Balaban J connectivity index is 1.23. The molecule has 0 spiro atoms. The van der Waals surface area contributed by atoms with Gasteiger partial charge in [-0.2, -0.15) is 0 Å². The Morgan fingerprint density at radius 2 is 1.24 bits per heavy atom. The molecule has 1 aromatic heterocycles. The first kappa shape index (κ1) is 30.6. The van der Waals surface area contributed by atoms with Gasteiger partial charge in [-0.25, -0.2) is 4.79 Å². The summed E-state index contributed by atoms with van der Waals surface area (Å²) in [4.78, 5) is 15.7. The molecule has 1 aromatic carbocycles. The van der Waals surface area contributed by atoms with Crippen molar-refractivity contribution in [3.63, 3.8) is 0 Å². The molecule has 0 aliphatic heterocycles. The highest BCUT2D eigenvalue weighted by atomic mass is 16.5. The molecule has 1 N–H and O–H groups in total. The largest absolute Gasteiger partial charge is 0.494 e. The standard InChI is InChI=1S/C34H56N2O2/c1-3-4-5-6-7-8-9-10-11-12-13-14-15-16-17-21-28-38-32-26-24-30(25-27-32)33-29(2)35-34(37)36(33)31-22-19-18-20-23-31/h24-27,31H,3-23,28H2,1-2H3,(H,35,37). The topological polar surface area (TPSA) is 47.0 Å². The van der Waals surface area contributed by atoms with E-state index in [1.807, 2.05) is 11.5 Å². The SMILES string of the molecule is CCCCCCCCCCCCCCCCCCOc1ccc(-c2c(C)[nH]c(=O)n2C2CCCCC2)cc1. The van der Waals surface area contributed by atoms with E-state index in [1.165, 1.54) is 116 Å². The molecule has 0 saturated heterocycles. The summed E-state index contributed by atoms with van der Waals surface area (Å²) in [6.07, 6.45) is 28.1. The van der Waals surface area contributed by atoms with E-state index in [4.69, 9.17) is 4.74 Å². The molecule has 2 aromatic rings. The molecule has 4 nitrogen and oxygen atoms in total. The Morgan fingerprint density at radius 3 is 1.76 bits per heavy atom. The number of H-pyrrole nitrogens is 1. The Labute approximate surface area is 233 Å². The number of nitrogens with zero attached hydrogens (tertiary/aromatic N) is 1. The van der Waals surface area contributed by atoms with Crippen LogP contribution in [-0.4, -0.2) is 16.2 Å². The summed E-state index contributed by atoms with van der Waals surface area (Å²) in [5.41, 5.74) is 3.14. The van der Waals surface area contributed by atoms with Crippen LogP contribution >= 0.6 is 0 Å². The van der Waals surface area contributed by atoms with Gasteiger partial charge in [0.1, 0.15) is 5.75 Å². The predicted octanol–water partition coefficient (Wildman–Crippen LogP) is 10.3. The first-order valence-corrected chi connectivity index (χ1v) is 16.2. The number of hydrogen-bond donors (Lipinski definition) is 1. The third kappa shape index (κ3) is 10.7. The van der Waals surface area contributed by atoms with Crippen molar-refractivity contribution in [2.75, 3.05) is 6.61 Å². The number of nitrogens with one attached hydrogen (secondary N) is 1. The molecule has 1 heterocycles. The van der Waals surface area contributed by atoms with Crippen LogP contribution in [0.5, 0.6) is 5.75 Å². The highest BCUT2D eigenvalue weighted by Crippen LogP contribution is 2.33. The second-order valence-electron chi connectivity index (χ2n) is 11.7. The third-order valence-corrected chi connectivity index (χ3v) is 8.44. The number of unbranched alkanes of at least 4 members (excludes halogenated alkanes) is 15. The number of imidazole rings is 1. The summed E-state index contributed by atoms with van der Waals surface area (Å²) in [6, 6.07) is 8.66. The maximum Gasteiger partial charge on any atom is 0.326 e. The molecule has 0 amide bonds. The molecule has 1 aliphatic carbocycles. The zero-order valence-corrected chi connectivity index (χ0v) is 24.7. The van der Waals surface area contributed by atoms with Gasteiger partial charge in [0, 0.05) is 17.3 Å². The van der Waals surface area contributed by atoms with Crippen LogP contribution in [0.4, 0.5) is 0 Å². The molecule has 214 valence electrons. The zero-order valence-electron chi connectivity index (χ0n) is 24.7. The smallest absolute Gasteiger partial charge is 0.326 e. The van der Waals surface area contributed by atoms with Gasteiger partial charge >= 0.3 is 5.69 Å². The van der Waals surface area contributed by atoms with Gasteiger partial charge in [0.2, 0.25) is 0 Å². The molecule has 0 atom stereocenters. The van der Waals surface area contributed by atoms with Gasteiger partial charge in [-0.3, -0.25) is 4.57 Å². The van der Waals surface area contributed by atoms with Gasteiger partial charge in [-0.15, -0.1) is 0 Å². The van der Waals surface area contributed by atoms with Crippen LogP contribution in [0.15, 0.2) is 29.1 Å². The minimum absolute atomic E-state index is 0.0354. The summed E-state index contributed by atoms with van der Waals surface area (Å²) < 4.78 is 8.04. The quantitative estimate of drug-likeness (QED) is 0.175. The van der Waals surface area contributed by atoms with E-state index in [1.54, 1.807) is 0 Å². The molecule has 1 saturated carbocycles. The summed E-state index contributed by atoms with van der Waals surface area (Å²) in [7, 11) is 0. The maximum absolute atomic E-state index is 12.7. The second-order valence-corrected chi connectivity index (χ2v) is 11.7. The van der Waals surface area contributed by atoms with Crippen LogP contribution in [0.1, 0.15) is 153 Å². The molecule has 1 fully saturated rings. The van der Waals surface area contributed by atoms with E-state index in [2.05, 4.69) is 36.2 Å². The fourth-order valence-electron chi connectivity index (χ4n) is 6.15. The molecule has 0 unspecified atom stereocenters. The summed E-state index contributed by atoms with van der Waals surface area (Å²) >= 11 is 0. The van der Waals surface area contributed by atoms with Crippen molar-refractivity contribution in [2.24, 2.45) is 0 Å². The van der Waals surface area contributed by atoms with Crippen molar-refractivity contribution in [2.45, 2.75) is 155 Å². The summed E-state index contributed by atoms with van der Waals surface area (Å²) in [5, 5.41) is 0. The van der Waals surface area contributed by atoms with Crippen LogP contribution in [0, 0.1) is 6.92 Å². The van der Waals surface area contributed by atoms with Crippen molar-refractivity contribution in [1.82, 2.24) is 9.55 Å². The highest BCUT2D eigenvalue weighted by molar-refractivity contribution is 5.63. The van der Waals surface area contributed by atoms with Crippen molar-refractivity contribution in [1.29, 1.82) is 0 Å². The van der Waals surface area contributed by atoms with Gasteiger partial charge < -0.3 is 9.72 Å². The van der Waals surface area contributed by atoms with Crippen LogP contribution < -0.4 is 10.4 Å². The number of aromatic amines is 1. The van der Waals surface area contributed by atoms with Crippen LogP contribution in [0.2, 0.25) is 0 Å². The van der Waals surface area contributed by atoms with E-state index in [9.17, 15) is 4.79 Å². The van der Waals surface area contributed by atoms with Crippen molar-refractivity contribution in [3.05, 3.63) is 40.4 Å². The van der Waals surface area contributed by atoms with Crippen LogP contribution in [0.3, 0.4) is 0 Å². The van der Waals surface area contributed by atoms with Crippen molar-refractivity contribution >= 4 is 0 Å². The van der Waals surface area contributed by atoms with Gasteiger partial charge in [-0.1, -0.05) is 122 Å². The molecular formula is C34H56N2O2. The normalized spacial score (nSPS) is 14.3. The first-order valence-electron chi connectivity index (χ1n) is 16.2. The summed E-state index contributed by atoms with van der Waals surface area (Å²) in [5.74, 6) is 0.925. The molecular weight excluding hydrogens is 468 g/mol. The average molecular weight is 525 g/mol. The molecule has 4 heteroatoms. The Hall–Kier alpha value is -1.97. The lowest BCUT2D eigenvalue weighted by atomic mass is 9.94. The number of ether oxygens (including phenoxy) is 1. The number of aromatic nitrogens is 2. The van der Waals surface area contributed by atoms with Crippen LogP contribution in [-0.2, 0) is 0 Å². The Kier molecular flexibility index (Phi) is 14.8. The lowest BCUT2D eigenvalue weighted by Gasteiger charge is -2.24. The Morgan fingerprint density at radius 1 is 0.737 bits per heavy atom. The monoisotopic (exact) mass is 524 g/mol. The second kappa shape index (κ2) is 18.3. The van der Waals surface area contributed by atoms with E-state index in [0.717, 1.165) is 48.6 Å². The zero-order chi connectivity index (χ0) is 26.8. The minimum Gasteiger partial charge on any atom is -0.494 e. The molecule has 3 rings (SSSR count). The molecule has 0 bridgehead atoms. The van der Waals surface area contributed by atoms with Crippen molar-refractivity contribution in [3.8, 4) is 17.0 Å². The first-order chi connectivity index (χ1) is 18.7. The fraction of sp³-hybridized carbons (Fsp3) is 0.735. The van der Waals surface area contributed by atoms with Gasteiger partial charge in [-0.05, 0) is 50.5 Å². The van der Waals surface area contributed by atoms with Crippen molar-refractivity contribution < 1.29 is 4.74 Å². The van der Waals surface area contributed by atoms with E-state index in [0.29, 0.717) is 6.04 Å². The number of hydrogen-bond acceptors (Lipinski definition) is 2. The molecule has 38 heavy (non-hydrogen) atoms. The number of aryl methyl sites for hydroxylation is 1. The lowest BCUT2D eigenvalue weighted by molar-refractivity contribution is 0.304. The molecule has 0 radical (unpaired) electrons. The van der Waals surface area contributed by atoms with Gasteiger partial charge in [0.15, 0.2) is 0 Å². The fourth-order valence-corrected chi connectivity index (χ4v) is 6.15. The van der Waals surface area contributed by atoms with E-state index < -0.39 is 0 Å². The number of benzene rings is 1. The molecule has 1 aliphatic rings. The van der Waals surface area contributed by atoms with Gasteiger partial charge in [0.25, 0.3) is 0 Å². The lowest BCUT2D eigenvalue weighted by Crippen LogP contribution is -2.24. The van der Waals surface area contributed by atoms with Crippen LogP contribution in [0.25, 0.3) is 11.3 Å². The predicted molar refractivity (Wildman–Crippen MR) is 162 cm³/mol. The van der Waals surface area contributed by atoms with E-state index >= 15 is 0 Å². The minimum atomic E-state index is 0.0354. The maximum atomic E-state index is 12.7. The third-order valence-electron chi connectivity index (χ3n) is 8.44. The highest BCUT2D eigenvalue weighted by Gasteiger charge is 2.22. The summed E-state index contributed by atoms with van der Waals surface area (Å²) in [6.45, 7) is 5.09. The average Bonchev–Trinajstić information content (AvgIpc) is 3.24. The van der Waals surface area contributed by atoms with Gasteiger partial charge in [0.05, 0.1) is 12.3 Å². The Bertz CT molecular complexity index is 921. The van der Waals surface area contributed by atoms with E-state index in [-0.39, 0.29) is 5.69 Å².